The fourth-order valence-corrected chi connectivity index (χ4v) is 4.27. The van der Waals surface area contributed by atoms with Crippen LogP contribution < -0.4 is 4.74 Å². The third kappa shape index (κ3) is 4.12. The van der Waals surface area contributed by atoms with E-state index in [0.717, 1.165) is 33.9 Å². The van der Waals surface area contributed by atoms with Crippen LogP contribution in [0.4, 0.5) is 4.39 Å². The summed E-state index contributed by atoms with van der Waals surface area (Å²) >= 11 is 0. The van der Waals surface area contributed by atoms with Gasteiger partial charge in [0.1, 0.15) is 17.8 Å². The standard InChI is InChI=1S/C25H25FN8O2/c1-6-33-20(24(35-5)23(32-33)17-7-9-18(26)10-8-17)11-19-12-21(28-13-27-19)34-15(3)22(14(2)31-34)25-30-29-16(4)36-25/h7-10,12-13H,6,11H2,1-5H3. The summed E-state index contributed by atoms with van der Waals surface area (Å²) < 4.78 is 28.5. The Hall–Kier alpha value is -4.41. The minimum atomic E-state index is -0.303. The zero-order valence-electron chi connectivity index (χ0n) is 20.7. The van der Waals surface area contributed by atoms with Gasteiger partial charge in [0.05, 0.1) is 35.4 Å². The molecule has 0 radical (unpaired) electrons. The molecule has 36 heavy (non-hydrogen) atoms. The van der Waals surface area contributed by atoms with Gasteiger partial charge in [-0.1, -0.05) is 0 Å². The van der Waals surface area contributed by atoms with Gasteiger partial charge in [0.25, 0.3) is 5.89 Å². The molecule has 0 bridgehead atoms. The van der Waals surface area contributed by atoms with Crippen molar-refractivity contribution in [3.8, 4) is 34.3 Å². The van der Waals surface area contributed by atoms with Gasteiger partial charge in [0, 0.05) is 31.5 Å². The van der Waals surface area contributed by atoms with E-state index in [0.29, 0.717) is 42.0 Å². The van der Waals surface area contributed by atoms with Crippen molar-refractivity contribution >= 4 is 0 Å². The van der Waals surface area contributed by atoms with Crippen molar-refractivity contribution in [1.82, 2.24) is 39.7 Å². The van der Waals surface area contributed by atoms with Gasteiger partial charge >= 0.3 is 0 Å². The predicted molar refractivity (Wildman–Crippen MR) is 129 cm³/mol. The maximum absolute atomic E-state index is 13.5. The van der Waals surface area contributed by atoms with E-state index < -0.39 is 0 Å². The Morgan fingerprint density at radius 1 is 1.03 bits per heavy atom. The summed E-state index contributed by atoms with van der Waals surface area (Å²) in [7, 11) is 1.61. The molecule has 10 nitrogen and oxygen atoms in total. The molecule has 0 unspecified atom stereocenters. The summed E-state index contributed by atoms with van der Waals surface area (Å²) in [5.74, 6) is 1.85. The van der Waals surface area contributed by atoms with Crippen molar-refractivity contribution in [2.45, 2.75) is 40.7 Å². The first-order valence-electron chi connectivity index (χ1n) is 11.5. The molecule has 0 aliphatic carbocycles. The average molecular weight is 489 g/mol. The van der Waals surface area contributed by atoms with E-state index in [1.54, 1.807) is 30.8 Å². The van der Waals surface area contributed by atoms with Gasteiger partial charge in [-0.15, -0.1) is 10.2 Å². The summed E-state index contributed by atoms with van der Waals surface area (Å²) in [6, 6.07) is 8.09. The molecule has 1 aromatic carbocycles. The number of halogens is 1. The molecule has 5 aromatic rings. The Labute approximate surface area is 206 Å². The molecule has 11 heteroatoms. The van der Waals surface area contributed by atoms with Crippen LogP contribution in [0.15, 0.2) is 41.1 Å². The highest BCUT2D eigenvalue weighted by atomic mass is 19.1. The zero-order valence-corrected chi connectivity index (χ0v) is 20.7. The highest BCUT2D eigenvalue weighted by Crippen LogP contribution is 2.34. The van der Waals surface area contributed by atoms with E-state index in [-0.39, 0.29) is 5.82 Å². The number of ether oxygens (including phenoxy) is 1. The van der Waals surface area contributed by atoms with Gasteiger partial charge in [-0.2, -0.15) is 10.2 Å². The fourth-order valence-electron chi connectivity index (χ4n) is 4.27. The lowest BCUT2D eigenvalue weighted by Gasteiger charge is -2.09. The molecule has 5 rings (SSSR count). The summed E-state index contributed by atoms with van der Waals surface area (Å²) in [5.41, 5.74) is 5.42. The largest absolute Gasteiger partial charge is 0.492 e. The molecule has 0 aliphatic rings. The number of hydrogen-bond donors (Lipinski definition) is 0. The molecule has 4 aromatic heterocycles. The fraction of sp³-hybridized carbons (Fsp3) is 0.280. The maximum atomic E-state index is 13.5. The Kier molecular flexibility index (Phi) is 6.05. The van der Waals surface area contributed by atoms with Gasteiger partial charge in [-0.25, -0.2) is 19.0 Å². The Morgan fingerprint density at radius 3 is 2.47 bits per heavy atom. The van der Waals surface area contributed by atoms with Gasteiger partial charge in [-0.05, 0) is 45.0 Å². The number of hydrogen-bond acceptors (Lipinski definition) is 8. The van der Waals surface area contributed by atoms with Crippen LogP contribution >= 0.6 is 0 Å². The van der Waals surface area contributed by atoms with Crippen molar-refractivity contribution in [1.29, 1.82) is 0 Å². The summed E-state index contributed by atoms with van der Waals surface area (Å²) in [5, 5.41) is 17.5. The van der Waals surface area contributed by atoms with Crippen molar-refractivity contribution < 1.29 is 13.5 Å². The third-order valence-corrected chi connectivity index (χ3v) is 5.94. The Morgan fingerprint density at radius 2 is 1.81 bits per heavy atom. The van der Waals surface area contributed by atoms with Gasteiger partial charge in [0.2, 0.25) is 5.89 Å². The molecule has 0 amide bonds. The molecule has 0 aliphatic heterocycles. The third-order valence-electron chi connectivity index (χ3n) is 5.94. The number of benzene rings is 1. The van der Waals surface area contributed by atoms with E-state index in [4.69, 9.17) is 14.3 Å². The molecule has 0 spiro atoms. The predicted octanol–water partition coefficient (Wildman–Crippen LogP) is 4.26. The smallest absolute Gasteiger partial charge is 0.251 e. The minimum Gasteiger partial charge on any atom is -0.492 e. The molecule has 0 fully saturated rings. The highest BCUT2D eigenvalue weighted by Gasteiger charge is 2.22. The lowest BCUT2D eigenvalue weighted by atomic mass is 10.1. The van der Waals surface area contributed by atoms with E-state index in [1.807, 2.05) is 31.5 Å². The summed E-state index contributed by atoms with van der Waals surface area (Å²) in [6.07, 6.45) is 1.97. The number of nitrogens with zero attached hydrogens (tertiary/aromatic N) is 8. The van der Waals surface area contributed by atoms with Gasteiger partial charge in [-0.3, -0.25) is 4.68 Å². The first-order valence-corrected chi connectivity index (χ1v) is 11.5. The van der Waals surface area contributed by atoms with Crippen LogP contribution in [0.25, 0.3) is 28.5 Å². The number of methoxy groups -OCH3 is 1. The molecular formula is C25H25FN8O2. The maximum Gasteiger partial charge on any atom is 0.251 e. The average Bonchev–Trinajstić information content (AvgIpc) is 3.54. The normalized spacial score (nSPS) is 11.3. The lowest BCUT2D eigenvalue weighted by Crippen LogP contribution is -2.08. The molecular weight excluding hydrogens is 463 g/mol. The Balaban J connectivity index is 1.52. The first-order chi connectivity index (χ1) is 17.4. The van der Waals surface area contributed by atoms with Crippen LogP contribution in [0.1, 0.15) is 35.6 Å². The molecule has 0 saturated carbocycles. The van der Waals surface area contributed by atoms with E-state index in [1.165, 1.54) is 18.5 Å². The summed E-state index contributed by atoms with van der Waals surface area (Å²) in [4.78, 5) is 8.93. The van der Waals surface area contributed by atoms with Crippen LogP contribution in [0.2, 0.25) is 0 Å². The number of aryl methyl sites for hydroxylation is 3. The second-order valence-corrected chi connectivity index (χ2v) is 8.28. The quantitative estimate of drug-likeness (QED) is 0.334. The van der Waals surface area contributed by atoms with Crippen LogP contribution in [-0.2, 0) is 13.0 Å². The monoisotopic (exact) mass is 488 g/mol. The van der Waals surface area contributed by atoms with Crippen molar-refractivity contribution in [2.75, 3.05) is 7.11 Å². The molecule has 0 atom stereocenters. The summed E-state index contributed by atoms with van der Waals surface area (Å²) in [6.45, 7) is 8.21. The van der Waals surface area contributed by atoms with E-state index in [2.05, 4.69) is 25.3 Å². The SMILES string of the molecule is CCn1nc(-c2ccc(F)cc2)c(OC)c1Cc1cc(-n2nc(C)c(-c3nnc(C)o3)c2C)ncn1. The van der Waals surface area contributed by atoms with E-state index >= 15 is 0 Å². The molecule has 0 N–H and O–H groups in total. The van der Waals surface area contributed by atoms with E-state index in [9.17, 15) is 4.39 Å². The van der Waals surface area contributed by atoms with Crippen LogP contribution in [0, 0.1) is 26.6 Å². The second kappa shape index (κ2) is 9.33. The van der Waals surface area contributed by atoms with Gasteiger partial charge < -0.3 is 9.15 Å². The first kappa shape index (κ1) is 23.3. The van der Waals surface area contributed by atoms with Crippen molar-refractivity contribution in [3.05, 3.63) is 71.1 Å². The lowest BCUT2D eigenvalue weighted by molar-refractivity contribution is 0.409. The molecule has 4 heterocycles. The van der Waals surface area contributed by atoms with Gasteiger partial charge in [0.15, 0.2) is 11.6 Å². The Bertz CT molecular complexity index is 1530. The van der Waals surface area contributed by atoms with Crippen molar-refractivity contribution in [2.24, 2.45) is 0 Å². The second-order valence-electron chi connectivity index (χ2n) is 8.28. The number of aromatic nitrogens is 8. The van der Waals surface area contributed by atoms with Crippen LogP contribution in [-0.4, -0.2) is 46.8 Å². The van der Waals surface area contributed by atoms with Crippen molar-refractivity contribution in [3.63, 3.8) is 0 Å². The topological polar surface area (TPSA) is 110 Å². The molecule has 184 valence electrons. The van der Waals surface area contributed by atoms with Crippen LogP contribution in [0.3, 0.4) is 0 Å². The highest BCUT2D eigenvalue weighted by molar-refractivity contribution is 5.68. The molecule has 0 saturated heterocycles. The zero-order chi connectivity index (χ0) is 25.4. The van der Waals surface area contributed by atoms with Crippen LogP contribution in [0.5, 0.6) is 5.75 Å². The minimum absolute atomic E-state index is 0.303. The number of rotatable bonds is 7.